The highest BCUT2D eigenvalue weighted by molar-refractivity contribution is 7.92. The molecule has 0 unspecified atom stereocenters. The van der Waals surface area contributed by atoms with Crippen LogP contribution in [0.4, 0.5) is 11.4 Å². The Hall–Kier alpha value is -2.85. The van der Waals surface area contributed by atoms with E-state index in [1.807, 2.05) is 6.07 Å². The summed E-state index contributed by atoms with van der Waals surface area (Å²) in [4.78, 5) is 12.2. The molecule has 0 radical (unpaired) electrons. The van der Waals surface area contributed by atoms with E-state index in [0.717, 1.165) is 0 Å². The predicted molar refractivity (Wildman–Crippen MR) is 88.6 cm³/mol. The first-order chi connectivity index (χ1) is 10.9. The number of sulfonamides is 1. The number of hydrogen-bond donors (Lipinski definition) is 2. The molecule has 0 aliphatic rings. The second-order valence-electron chi connectivity index (χ2n) is 4.73. The number of anilines is 2. The fourth-order valence-electron chi connectivity index (χ4n) is 1.85. The van der Waals surface area contributed by atoms with Crippen molar-refractivity contribution in [1.29, 1.82) is 5.26 Å². The number of nitriles is 1. The Kier molecular flexibility index (Phi) is 4.98. The van der Waals surface area contributed by atoms with Gasteiger partial charge in [0.2, 0.25) is 10.0 Å². The Morgan fingerprint density at radius 3 is 2.52 bits per heavy atom. The predicted octanol–water partition coefficient (Wildman–Crippen LogP) is 2.57. The second kappa shape index (κ2) is 6.94. The minimum atomic E-state index is -3.40. The summed E-state index contributed by atoms with van der Waals surface area (Å²) in [5.41, 5.74) is 1.56. The topological polar surface area (TPSA) is 99.1 Å². The number of amides is 1. The van der Waals surface area contributed by atoms with Gasteiger partial charge in [-0.1, -0.05) is 12.1 Å². The van der Waals surface area contributed by atoms with Crippen molar-refractivity contribution in [2.75, 3.05) is 15.8 Å². The molecule has 2 aromatic carbocycles. The summed E-state index contributed by atoms with van der Waals surface area (Å²) in [7, 11) is -3.40. The van der Waals surface area contributed by atoms with Crippen LogP contribution in [0.5, 0.6) is 0 Å². The van der Waals surface area contributed by atoms with E-state index in [0.29, 0.717) is 22.5 Å². The first kappa shape index (κ1) is 16.5. The van der Waals surface area contributed by atoms with Crippen LogP contribution in [-0.2, 0) is 10.0 Å². The van der Waals surface area contributed by atoms with Crippen molar-refractivity contribution in [2.24, 2.45) is 0 Å². The average molecular weight is 329 g/mol. The van der Waals surface area contributed by atoms with Crippen LogP contribution >= 0.6 is 0 Å². The molecule has 0 heterocycles. The number of carbonyl (C=O) groups is 1. The molecule has 118 valence electrons. The smallest absolute Gasteiger partial charge is 0.255 e. The van der Waals surface area contributed by atoms with Gasteiger partial charge in [-0.05, 0) is 43.3 Å². The summed E-state index contributed by atoms with van der Waals surface area (Å²) in [5, 5.41) is 11.5. The Balaban J connectivity index is 2.18. The normalized spacial score (nSPS) is 10.6. The third kappa shape index (κ3) is 4.56. The van der Waals surface area contributed by atoms with E-state index in [-0.39, 0.29) is 5.75 Å². The first-order valence-electron chi connectivity index (χ1n) is 6.85. The molecule has 2 N–H and O–H groups in total. The van der Waals surface area contributed by atoms with Crippen LogP contribution in [0.15, 0.2) is 48.5 Å². The van der Waals surface area contributed by atoms with E-state index in [4.69, 9.17) is 5.26 Å². The minimum Gasteiger partial charge on any atom is -0.322 e. The third-order valence-corrected chi connectivity index (χ3v) is 4.33. The Morgan fingerprint density at radius 1 is 1.13 bits per heavy atom. The molecule has 1 amide bonds. The Morgan fingerprint density at radius 2 is 1.83 bits per heavy atom. The van der Waals surface area contributed by atoms with Crippen molar-refractivity contribution in [1.82, 2.24) is 0 Å². The highest BCUT2D eigenvalue weighted by atomic mass is 32.2. The summed E-state index contributed by atoms with van der Waals surface area (Å²) in [6.45, 7) is 1.53. The van der Waals surface area contributed by atoms with Crippen LogP contribution in [0.2, 0.25) is 0 Å². The lowest BCUT2D eigenvalue weighted by atomic mass is 10.1. The van der Waals surface area contributed by atoms with Gasteiger partial charge in [0.25, 0.3) is 5.91 Å². The maximum absolute atomic E-state index is 12.2. The number of carbonyl (C=O) groups excluding carboxylic acids is 1. The lowest BCUT2D eigenvalue weighted by Gasteiger charge is -2.09. The quantitative estimate of drug-likeness (QED) is 0.880. The average Bonchev–Trinajstić information content (AvgIpc) is 2.55. The van der Waals surface area contributed by atoms with Crippen molar-refractivity contribution < 1.29 is 13.2 Å². The Bertz CT molecular complexity index is 870. The van der Waals surface area contributed by atoms with Gasteiger partial charge in [-0.2, -0.15) is 5.26 Å². The van der Waals surface area contributed by atoms with Gasteiger partial charge in [0.15, 0.2) is 0 Å². The molecular weight excluding hydrogens is 314 g/mol. The Labute approximate surface area is 134 Å². The molecule has 0 aliphatic heterocycles. The molecule has 0 aliphatic carbocycles. The van der Waals surface area contributed by atoms with Crippen molar-refractivity contribution in [3.05, 3.63) is 59.7 Å². The number of hydrogen-bond acceptors (Lipinski definition) is 4. The fraction of sp³-hybridized carbons (Fsp3) is 0.125. The maximum Gasteiger partial charge on any atom is 0.255 e. The molecular formula is C16H15N3O3S. The molecule has 0 aromatic heterocycles. The van der Waals surface area contributed by atoms with Gasteiger partial charge in [0.05, 0.1) is 17.4 Å². The maximum atomic E-state index is 12.2. The SMILES string of the molecule is CCS(=O)(=O)Nc1cccc(C(=O)Nc2cccc(C#N)c2)c1. The number of nitrogens with one attached hydrogen (secondary N) is 2. The van der Waals surface area contributed by atoms with Crippen molar-refractivity contribution in [3.63, 3.8) is 0 Å². The first-order valence-corrected chi connectivity index (χ1v) is 8.51. The zero-order valence-corrected chi connectivity index (χ0v) is 13.2. The van der Waals surface area contributed by atoms with Gasteiger partial charge in [-0.25, -0.2) is 8.42 Å². The van der Waals surface area contributed by atoms with E-state index < -0.39 is 15.9 Å². The number of benzene rings is 2. The molecule has 7 heteroatoms. The van der Waals surface area contributed by atoms with Gasteiger partial charge in [-0.15, -0.1) is 0 Å². The summed E-state index contributed by atoms with van der Waals surface area (Å²) >= 11 is 0. The molecule has 2 aromatic rings. The zero-order valence-electron chi connectivity index (χ0n) is 12.4. The van der Waals surface area contributed by atoms with Gasteiger partial charge in [0, 0.05) is 16.9 Å². The molecule has 6 nitrogen and oxygen atoms in total. The molecule has 0 saturated carbocycles. The number of rotatable bonds is 5. The van der Waals surface area contributed by atoms with Crippen LogP contribution < -0.4 is 10.0 Å². The molecule has 0 saturated heterocycles. The third-order valence-electron chi connectivity index (χ3n) is 3.03. The molecule has 0 bridgehead atoms. The van der Waals surface area contributed by atoms with Crippen LogP contribution in [0.25, 0.3) is 0 Å². The highest BCUT2D eigenvalue weighted by Gasteiger charge is 2.10. The summed E-state index contributed by atoms with van der Waals surface area (Å²) in [6, 6.07) is 14.7. The standard InChI is InChI=1S/C16H15N3O3S/c1-2-23(21,22)19-15-8-4-6-13(10-15)16(20)18-14-7-3-5-12(9-14)11-17/h3-10,19H,2H2,1H3,(H,18,20). The van der Waals surface area contributed by atoms with Gasteiger partial charge < -0.3 is 5.32 Å². The van der Waals surface area contributed by atoms with Gasteiger partial charge in [-0.3, -0.25) is 9.52 Å². The van der Waals surface area contributed by atoms with Crippen LogP contribution in [0.1, 0.15) is 22.8 Å². The monoisotopic (exact) mass is 329 g/mol. The molecule has 2 rings (SSSR count). The van der Waals surface area contributed by atoms with Crippen LogP contribution in [0, 0.1) is 11.3 Å². The lowest BCUT2D eigenvalue weighted by Crippen LogP contribution is -2.16. The molecule has 0 spiro atoms. The second-order valence-corrected chi connectivity index (χ2v) is 6.74. The van der Waals surface area contributed by atoms with E-state index >= 15 is 0 Å². The van der Waals surface area contributed by atoms with Crippen LogP contribution in [-0.4, -0.2) is 20.1 Å². The molecule has 0 fully saturated rings. The van der Waals surface area contributed by atoms with E-state index in [2.05, 4.69) is 10.0 Å². The largest absolute Gasteiger partial charge is 0.322 e. The number of nitrogens with zero attached hydrogens (tertiary/aromatic N) is 1. The van der Waals surface area contributed by atoms with E-state index in [1.165, 1.54) is 13.0 Å². The van der Waals surface area contributed by atoms with E-state index in [1.54, 1.807) is 42.5 Å². The lowest BCUT2D eigenvalue weighted by molar-refractivity contribution is 0.102. The van der Waals surface area contributed by atoms with Crippen molar-refractivity contribution >= 4 is 27.3 Å². The van der Waals surface area contributed by atoms with Crippen LogP contribution in [0.3, 0.4) is 0 Å². The van der Waals surface area contributed by atoms with Crippen molar-refractivity contribution in [2.45, 2.75) is 6.92 Å². The molecule has 23 heavy (non-hydrogen) atoms. The minimum absolute atomic E-state index is 0.0512. The van der Waals surface area contributed by atoms with Crippen molar-refractivity contribution in [3.8, 4) is 6.07 Å². The van der Waals surface area contributed by atoms with E-state index in [9.17, 15) is 13.2 Å². The summed E-state index contributed by atoms with van der Waals surface area (Å²) in [6.07, 6.45) is 0. The summed E-state index contributed by atoms with van der Waals surface area (Å²) in [5.74, 6) is -0.442. The van der Waals surface area contributed by atoms with Gasteiger partial charge in [0.1, 0.15) is 0 Å². The molecule has 0 atom stereocenters. The zero-order chi connectivity index (χ0) is 16.9. The summed E-state index contributed by atoms with van der Waals surface area (Å²) < 4.78 is 25.5. The van der Waals surface area contributed by atoms with Gasteiger partial charge >= 0.3 is 0 Å². The fourth-order valence-corrected chi connectivity index (χ4v) is 2.48. The highest BCUT2D eigenvalue weighted by Crippen LogP contribution is 2.15.